The van der Waals surface area contributed by atoms with Crippen LogP contribution < -0.4 is 4.90 Å². The Kier molecular flexibility index (Phi) is 3.24. The SMILES string of the molecule is CC1CCCCCN1c1nc(Br)cn2ccnc12. The molecule has 3 rings (SSSR count). The first-order valence-corrected chi connectivity index (χ1v) is 7.31. The summed E-state index contributed by atoms with van der Waals surface area (Å²) in [5, 5.41) is 0. The largest absolute Gasteiger partial charge is 0.351 e. The van der Waals surface area contributed by atoms with Crippen LogP contribution in [0.3, 0.4) is 0 Å². The highest BCUT2D eigenvalue weighted by molar-refractivity contribution is 9.10. The molecule has 0 N–H and O–H groups in total. The van der Waals surface area contributed by atoms with E-state index in [1.807, 2.05) is 23.0 Å². The Labute approximate surface area is 115 Å². The predicted molar refractivity (Wildman–Crippen MR) is 76.0 cm³/mol. The Morgan fingerprint density at radius 1 is 1.33 bits per heavy atom. The lowest BCUT2D eigenvalue weighted by molar-refractivity contribution is 0.611. The van der Waals surface area contributed by atoms with Gasteiger partial charge < -0.3 is 9.30 Å². The van der Waals surface area contributed by atoms with E-state index in [2.05, 4.69) is 37.7 Å². The van der Waals surface area contributed by atoms with Gasteiger partial charge in [0, 0.05) is 31.2 Å². The molecule has 0 aromatic carbocycles. The third-order valence-electron chi connectivity index (χ3n) is 3.65. The first kappa shape index (κ1) is 12.0. The van der Waals surface area contributed by atoms with Crippen LogP contribution in [0.2, 0.25) is 0 Å². The summed E-state index contributed by atoms with van der Waals surface area (Å²) in [5.74, 6) is 1.00. The monoisotopic (exact) mass is 308 g/mol. The van der Waals surface area contributed by atoms with Crippen LogP contribution in [0.25, 0.3) is 5.65 Å². The molecule has 3 heterocycles. The van der Waals surface area contributed by atoms with Crippen molar-refractivity contribution in [3.63, 3.8) is 0 Å². The average molecular weight is 309 g/mol. The molecule has 5 heteroatoms. The number of anilines is 1. The van der Waals surface area contributed by atoms with E-state index in [1.165, 1.54) is 25.7 Å². The van der Waals surface area contributed by atoms with Crippen molar-refractivity contribution in [2.45, 2.75) is 38.6 Å². The average Bonchev–Trinajstić information content (AvgIpc) is 2.70. The van der Waals surface area contributed by atoms with Gasteiger partial charge in [-0.2, -0.15) is 0 Å². The number of hydrogen-bond donors (Lipinski definition) is 0. The molecule has 96 valence electrons. The molecule has 1 aliphatic rings. The second kappa shape index (κ2) is 4.88. The van der Waals surface area contributed by atoms with Crippen molar-refractivity contribution < 1.29 is 0 Å². The lowest BCUT2D eigenvalue weighted by Gasteiger charge is -2.28. The van der Waals surface area contributed by atoms with Crippen LogP contribution >= 0.6 is 15.9 Å². The maximum Gasteiger partial charge on any atom is 0.180 e. The van der Waals surface area contributed by atoms with Crippen LogP contribution in [-0.2, 0) is 0 Å². The minimum atomic E-state index is 0.537. The fraction of sp³-hybridized carbons (Fsp3) is 0.538. The quantitative estimate of drug-likeness (QED) is 0.811. The highest BCUT2D eigenvalue weighted by Gasteiger charge is 2.21. The fourth-order valence-corrected chi connectivity index (χ4v) is 3.06. The van der Waals surface area contributed by atoms with Crippen LogP contribution in [0, 0.1) is 0 Å². The number of halogens is 1. The van der Waals surface area contributed by atoms with Crippen molar-refractivity contribution in [1.82, 2.24) is 14.4 Å². The fourth-order valence-electron chi connectivity index (χ4n) is 2.67. The summed E-state index contributed by atoms with van der Waals surface area (Å²) >= 11 is 3.49. The van der Waals surface area contributed by atoms with Gasteiger partial charge in [0.1, 0.15) is 4.60 Å². The highest BCUT2D eigenvalue weighted by Crippen LogP contribution is 2.26. The van der Waals surface area contributed by atoms with Crippen molar-refractivity contribution in [1.29, 1.82) is 0 Å². The molecule has 1 atom stereocenters. The number of imidazole rings is 1. The maximum absolute atomic E-state index is 4.65. The molecule has 0 aliphatic carbocycles. The minimum Gasteiger partial charge on any atom is -0.351 e. The van der Waals surface area contributed by atoms with E-state index in [1.54, 1.807) is 0 Å². The molecule has 0 amide bonds. The van der Waals surface area contributed by atoms with Gasteiger partial charge in [-0.1, -0.05) is 12.8 Å². The third kappa shape index (κ3) is 2.11. The lowest BCUT2D eigenvalue weighted by Crippen LogP contribution is -2.33. The minimum absolute atomic E-state index is 0.537. The van der Waals surface area contributed by atoms with Gasteiger partial charge in [0.05, 0.1) is 0 Å². The number of nitrogens with zero attached hydrogens (tertiary/aromatic N) is 4. The van der Waals surface area contributed by atoms with Gasteiger partial charge in [-0.05, 0) is 35.7 Å². The summed E-state index contributed by atoms with van der Waals surface area (Å²) in [6.45, 7) is 3.36. The Morgan fingerprint density at radius 3 is 3.11 bits per heavy atom. The molecular formula is C13H17BrN4. The van der Waals surface area contributed by atoms with Crippen molar-refractivity contribution in [3.05, 3.63) is 23.2 Å². The molecular weight excluding hydrogens is 292 g/mol. The number of rotatable bonds is 1. The second-order valence-corrected chi connectivity index (χ2v) is 5.75. The van der Waals surface area contributed by atoms with Gasteiger partial charge in [0.25, 0.3) is 0 Å². The Balaban J connectivity index is 2.08. The topological polar surface area (TPSA) is 33.4 Å². The van der Waals surface area contributed by atoms with Crippen LogP contribution in [0.5, 0.6) is 0 Å². The molecule has 2 aromatic heterocycles. The smallest absolute Gasteiger partial charge is 0.180 e. The number of hydrogen-bond acceptors (Lipinski definition) is 3. The summed E-state index contributed by atoms with van der Waals surface area (Å²) in [4.78, 5) is 11.5. The van der Waals surface area contributed by atoms with Gasteiger partial charge in [0.15, 0.2) is 11.5 Å². The van der Waals surface area contributed by atoms with Gasteiger partial charge in [-0.3, -0.25) is 0 Å². The number of aromatic nitrogens is 3. The van der Waals surface area contributed by atoms with E-state index in [0.717, 1.165) is 22.6 Å². The standard InChI is InChI=1S/C13H17BrN4/c1-10-5-3-2-4-7-18(10)13-12-15-6-8-17(12)9-11(14)16-13/h6,8-10H,2-5,7H2,1H3. The van der Waals surface area contributed by atoms with Crippen molar-refractivity contribution in [3.8, 4) is 0 Å². The Morgan fingerprint density at radius 2 is 2.22 bits per heavy atom. The molecule has 1 saturated heterocycles. The summed E-state index contributed by atoms with van der Waals surface area (Å²) in [5.41, 5.74) is 0.951. The van der Waals surface area contributed by atoms with Crippen LogP contribution in [0.1, 0.15) is 32.6 Å². The maximum atomic E-state index is 4.65. The third-order valence-corrected chi connectivity index (χ3v) is 4.03. The van der Waals surface area contributed by atoms with E-state index in [4.69, 9.17) is 0 Å². The first-order valence-electron chi connectivity index (χ1n) is 6.51. The molecule has 18 heavy (non-hydrogen) atoms. The number of fused-ring (bicyclic) bond motifs is 1. The predicted octanol–water partition coefficient (Wildman–Crippen LogP) is 3.26. The molecule has 0 saturated carbocycles. The summed E-state index contributed by atoms with van der Waals surface area (Å²) in [6, 6.07) is 0.537. The van der Waals surface area contributed by atoms with Crippen molar-refractivity contribution in [2.75, 3.05) is 11.4 Å². The van der Waals surface area contributed by atoms with Crippen LogP contribution in [0.4, 0.5) is 5.82 Å². The van der Waals surface area contributed by atoms with Crippen molar-refractivity contribution >= 4 is 27.4 Å². The lowest BCUT2D eigenvalue weighted by atomic mass is 10.1. The first-order chi connectivity index (χ1) is 8.75. The van der Waals surface area contributed by atoms with E-state index in [-0.39, 0.29) is 0 Å². The summed E-state index contributed by atoms with van der Waals surface area (Å²) in [6.07, 6.45) is 10.9. The van der Waals surface area contributed by atoms with E-state index in [9.17, 15) is 0 Å². The van der Waals surface area contributed by atoms with Gasteiger partial charge >= 0.3 is 0 Å². The summed E-state index contributed by atoms with van der Waals surface area (Å²) in [7, 11) is 0. The molecule has 1 fully saturated rings. The zero-order valence-electron chi connectivity index (χ0n) is 10.5. The van der Waals surface area contributed by atoms with Crippen LogP contribution in [0.15, 0.2) is 23.2 Å². The van der Waals surface area contributed by atoms with Gasteiger partial charge in [0.2, 0.25) is 0 Å². The van der Waals surface area contributed by atoms with E-state index < -0.39 is 0 Å². The van der Waals surface area contributed by atoms with Gasteiger partial charge in [-0.15, -0.1) is 0 Å². The molecule has 0 radical (unpaired) electrons. The Hall–Kier alpha value is -1.10. The molecule has 1 unspecified atom stereocenters. The zero-order chi connectivity index (χ0) is 12.5. The van der Waals surface area contributed by atoms with Crippen molar-refractivity contribution in [2.24, 2.45) is 0 Å². The molecule has 2 aromatic rings. The molecule has 4 nitrogen and oxygen atoms in total. The van der Waals surface area contributed by atoms with Crippen LogP contribution in [-0.4, -0.2) is 27.0 Å². The summed E-state index contributed by atoms with van der Waals surface area (Å²) < 4.78 is 2.89. The van der Waals surface area contributed by atoms with E-state index in [0.29, 0.717) is 6.04 Å². The molecule has 0 spiro atoms. The molecule has 0 bridgehead atoms. The van der Waals surface area contributed by atoms with Gasteiger partial charge in [-0.25, -0.2) is 9.97 Å². The molecule has 1 aliphatic heterocycles. The normalized spacial score (nSPS) is 21.2. The van der Waals surface area contributed by atoms with E-state index >= 15 is 0 Å². The zero-order valence-corrected chi connectivity index (χ0v) is 12.1. The highest BCUT2D eigenvalue weighted by atomic mass is 79.9. The second-order valence-electron chi connectivity index (χ2n) is 4.94. The Bertz CT molecular complexity index is 551.